The number of rotatable bonds is 10. The Labute approximate surface area is 517 Å². The van der Waals surface area contributed by atoms with Crippen LogP contribution in [0.5, 0.6) is 0 Å². The quantitative estimate of drug-likeness (QED) is 0.122. The van der Waals surface area contributed by atoms with Crippen molar-refractivity contribution in [2.24, 2.45) is 46.6 Å². The molecular formula is C80H100N5+5. The molecule has 0 fully saturated rings. The van der Waals surface area contributed by atoms with Crippen LogP contribution in [0.3, 0.4) is 0 Å². The fraction of sp³-hybridized carbons (Fsp3) is 0.312. The minimum Gasteiger partial charge on any atom is -0.201 e. The zero-order valence-corrected chi connectivity index (χ0v) is 54.7. The minimum atomic E-state index is -2.04. The van der Waals surface area contributed by atoms with Gasteiger partial charge >= 0.3 is 0 Å². The molecule has 0 amide bonds. The van der Waals surface area contributed by atoms with E-state index in [2.05, 4.69) is 300 Å². The lowest BCUT2D eigenvalue weighted by molar-refractivity contribution is -0.660. The molecule has 5 aromatic carbocycles. The van der Waals surface area contributed by atoms with E-state index in [0.717, 1.165) is 36.1 Å². The van der Waals surface area contributed by atoms with Gasteiger partial charge in [-0.1, -0.05) is 122 Å². The Bertz CT molecular complexity index is 3900. The smallest absolute Gasteiger partial charge is 0.201 e. The first-order chi connectivity index (χ1) is 41.6. The van der Waals surface area contributed by atoms with Gasteiger partial charge in [0, 0.05) is 92.6 Å². The highest BCUT2D eigenvalue weighted by molar-refractivity contribution is 5.65. The molecule has 5 heterocycles. The zero-order valence-electron chi connectivity index (χ0n) is 57.7. The van der Waals surface area contributed by atoms with Crippen LogP contribution in [-0.4, -0.2) is 0 Å². The van der Waals surface area contributed by atoms with Gasteiger partial charge in [-0.3, -0.25) is 0 Å². The van der Waals surface area contributed by atoms with Gasteiger partial charge in [-0.25, -0.2) is 22.8 Å². The van der Waals surface area contributed by atoms with Crippen LogP contribution in [-0.2, 0) is 54.5 Å². The van der Waals surface area contributed by atoms with Crippen molar-refractivity contribution in [3.63, 3.8) is 0 Å². The molecule has 0 aliphatic heterocycles. The number of aromatic nitrogens is 5. The number of pyridine rings is 5. The van der Waals surface area contributed by atoms with Gasteiger partial charge < -0.3 is 0 Å². The summed E-state index contributed by atoms with van der Waals surface area (Å²) >= 11 is 0. The Morgan fingerprint density at radius 3 is 1.00 bits per heavy atom. The van der Waals surface area contributed by atoms with Crippen LogP contribution in [0.25, 0.3) is 56.3 Å². The third kappa shape index (κ3) is 19.2. The highest BCUT2D eigenvalue weighted by Gasteiger charge is 2.18. The third-order valence-corrected chi connectivity index (χ3v) is 15.5. The van der Waals surface area contributed by atoms with Crippen LogP contribution in [0, 0.1) is 52.8 Å². The highest BCUT2D eigenvalue weighted by Crippen LogP contribution is 2.28. The molecule has 0 radical (unpaired) electrons. The molecule has 0 aliphatic rings. The summed E-state index contributed by atoms with van der Waals surface area (Å²) in [6.07, 6.45) is 13.7. The maximum atomic E-state index is 7.42. The molecule has 0 spiro atoms. The number of hydrogen-bond acceptors (Lipinski definition) is 0. The molecule has 0 atom stereocenters. The van der Waals surface area contributed by atoms with Crippen LogP contribution in [0.4, 0.5) is 0 Å². The summed E-state index contributed by atoms with van der Waals surface area (Å²) in [5, 5.41) is 0. The molecule has 5 heteroatoms. The summed E-state index contributed by atoms with van der Waals surface area (Å²) in [4.78, 5) is 0. The molecule has 0 bridgehead atoms. The first-order valence-corrected chi connectivity index (χ1v) is 30.4. The van der Waals surface area contributed by atoms with Crippen molar-refractivity contribution in [1.82, 2.24) is 0 Å². The van der Waals surface area contributed by atoms with Gasteiger partial charge in [-0.05, 0) is 189 Å². The van der Waals surface area contributed by atoms with E-state index in [1.165, 1.54) is 89.5 Å². The van der Waals surface area contributed by atoms with Gasteiger partial charge in [0.25, 0.3) is 0 Å². The van der Waals surface area contributed by atoms with Crippen molar-refractivity contribution in [1.29, 1.82) is 0 Å². The zero-order chi connectivity index (χ0) is 64.5. The SMILES string of the molecule is CCc1ccc(-c2cccc[n+]2C)c(C)c1.Cc1cc(C(C)C)ccc1-c1cccc[n+]1C.Cc1cc(CC(C)(C)C)ccc1-c1cccc[n+]1C.Cc1cc(CC(C)C)ccc1-c1cccc[n+]1C.[2H]C([2H])([2H])c1ccc(-c2cccc[n+]2C)c(C)c1. The van der Waals surface area contributed by atoms with Crippen molar-refractivity contribution in [3.8, 4) is 56.3 Å². The van der Waals surface area contributed by atoms with Gasteiger partial charge in [0.2, 0.25) is 28.5 Å². The molecular weight excluding hydrogens is 1030 g/mol. The summed E-state index contributed by atoms with van der Waals surface area (Å²) in [5.41, 5.74) is 25.3. The standard InChI is InChI=1S/C18H24N.C17H22N.C16H20N.C15H18N.C14H16N/c1-14-12-15(13-18(2,3)4)9-10-16(14)17-8-6-7-11-19(17)5;1-13(2)11-15-8-9-16(14(3)12-15)17-7-5-6-10-18(17)4;1-12(2)14-8-9-15(13(3)11-14)16-7-5-6-10-17(16)4;1-4-13-8-9-14(12(2)11-13)15-7-5-6-10-16(15)3;1-11-7-8-13(12(2)10-11)14-6-4-5-9-15(14)3/h6-12H,13H2,1-5H3;5-10,12-13H,11H2,1-4H3;5-12H,1-4H3;5-11H,4H2,1-3H3;4-10H,1-3H3/q5*+1/i;;;;1D3. The first kappa shape index (κ1) is 61.4. The number of hydrogen-bond donors (Lipinski definition) is 0. The van der Waals surface area contributed by atoms with Crippen LogP contribution in [0.15, 0.2) is 213 Å². The molecule has 10 rings (SSSR count). The molecule has 0 aliphatic carbocycles. The van der Waals surface area contributed by atoms with E-state index >= 15 is 0 Å². The topological polar surface area (TPSA) is 19.4 Å². The predicted molar refractivity (Wildman–Crippen MR) is 359 cm³/mol. The van der Waals surface area contributed by atoms with E-state index in [0.29, 0.717) is 22.8 Å². The van der Waals surface area contributed by atoms with Crippen molar-refractivity contribution in [3.05, 3.63) is 269 Å². The minimum absolute atomic E-state index is 0.339. The Kier molecular flexibility index (Phi) is 22.5. The van der Waals surface area contributed by atoms with Gasteiger partial charge in [-0.15, -0.1) is 0 Å². The van der Waals surface area contributed by atoms with E-state index in [-0.39, 0.29) is 0 Å². The molecule has 0 unspecified atom stereocenters. The highest BCUT2D eigenvalue weighted by atomic mass is 14.9. The van der Waals surface area contributed by atoms with Crippen LogP contribution < -0.4 is 22.8 Å². The maximum absolute atomic E-state index is 7.42. The molecule has 0 N–H and O–H groups in total. The Morgan fingerprint density at radius 2 is 0.694 bits per heavy atom. The molecule has 0 saturated carbocycles. The van der Waals surface area contributed by atoms with Gasteiger partial charge in [-0.2, -0.15) is 0 Å². The van der Waals surface area contributed by atoms with Gasteiger partial charge in [0.05, 0.1) is 0 Å². The van der Waals surface area contributed by atoms with Crippen molar-refractivity contribution < 1.29 is 26.9 Å². The molecule has 0 saturated heterocycles. The van der Waals surface area contributed by atoms with Crippen LogP contribution >= 0.6 is 0 Å². The largest absolute Gasteiger partial charge is 0.212 e. The average Bonchev–Trinajstić information content (AvgIpc) is 2.64. The number of benzene rings is 5. The van der Waals surface area contributed by atoms with Crippen molar-refractivity contribution in [2.75, 3.05) is 0 Å². The second-order valence-corrected chi connectivity index (χ2v) is 24.9. The number of aryl methyl sites for hydroxylation is 12. The fourth-order valence-corrected chi connectivity index (χ4v) is 10.9. The van der Waals surface area contributed by atoms with Crippen LogP contribution in [0.2, 0.25) is 0 Å². The van der Waals surface area contributed by atoms with Gasteiger partial charge in [0.1, 0.15) is 35.2 Å². The maximum Gasteiger partial charge on any atom is 0.212 e. The summed E-state index contributed by atoms with van der Waals surface area (Å²) in [6, 6.07) is 63.7. The fourth-order valence-electron chi connectivity index (χ4n) is 10.9. The molecule has 85 heavy (non-hydrogen) atoms. The van der Waals surface area contributed by atoms with Gasteiger partial charge in [0.15, 0.2) is 31.0 Å². The number of nitrogens with zero attached hydrogens (tertiary/aromatic N) is 5. The lowest BCUT2D eigenvalue weighted by Gasteiger charge is -2.18. The Hall–Kier alpha value is -8.15. The Balaban J connectivity index is 0.000000176. The van der Waals surface area contributed by atoms with E-state index in [1.807, 2.05) is 49.0 Å². The second-order valence-electron chi connectivity index (χ2n) is 24.9. The summed E-state index contributed by atoms with van der Waals surface area (Å²) < 4.78 is 32.9. The summed E-state index contributed by atoms with van der Waals surface area (Å²) in [7, 11) is 10.3. The molecule has 440 valence electrons. The lowest BCUT2D eigenvalue weighted by atomic mass is 9.87. The van der Waals surface area contributed by atoms with Crippen molar-refractivity contribution >= 4 is 0 Å². The van der Waals surface area contributed by atoms with E-state index < -0.39 is 6.85 Å². The van der Waals surface area contributed by atoms with E-state index in [4.69, 9.17) is 4.11 Å². The summed E-state index contributed by atoms with van der Waals surface area (Å²) in [5.74, 6) is 1.30. The first-order valence-electron chi connectivity index (χ1n) is 31.9. The monoisotopic (exact) mass is 1130 g/mol. The van der Waals surface area contributed by atoms with E-state index in [1.54, 1.807) is 12.1 Å². The Morgan fingerprint density at radius 1 is 0.376 bits per heavy atom. The third-order valence-electron chi connectivity index (χ3n) is 15.5. The molecule has 5 nitrogen and oxygen atoms in total. The average molecular weight is 1130 g/mol. The van der Waals surface area contributed by atoms with E-state index in [9.17, 15) is 0 Å². The lowest BCUT2D eigenvalue weighted by Crippen LogP contribution is -2.30. The second kappa shape index (κ2) is 31.1. The predicted octanol–water partition coefficient (Wildman–Crippen LogP) is 17.2. The normalized spacial score (nSPS) is 11.6. The molecule has 5 aromatic heterocycles. The van der Waals surface area contributed by atoms with Crippen LogP contribution in [0.1, 0.15) is 121 Å². The van der Waals surface area contributed by atoms with Crippen molar-refractivity contribution in [2.45, 2.75) is 122 Å². The molecule has 10 aromatic rings. The summed E-state index contributed by atoms with van der Waals surface area (Å²) in [6.45, 7) is 26.7.